The molecule has 5 fully saturated rings. The van der Waals surface area contributed by atoms with Crippen LogP contribution in [-0.4, -0.2) is 29.9 Å². The van der Waals surface area contributed by atoms with Crippen LogP contribution in [-0.2, 0) is 16.6 Å². The lowest BCUT2D eigenvalue weighted by Gasteiger charge is -2.63. The van der Waals surface area contributed by atoms with Gasteiger partial charge in [0.1, 0.15) is 0 Å². The third kappa shape index (κ3) is 3.87. The Morgan fingerprint density at radius 3 is 2.23 bits per heavy atom. The van der Waals surface area contributed by atoms with Crippen LogP contribution in [0.2, 0.25) is 0 Å². The lowest BCUT2D eigenvalue weighted by molar-refractivity contribution is -0.159. The van der Waals surface area contributed by atoms with Crippen molar-refractivity contribution in [3.05, 3.63) is 83.4 Å². The van der Waals surface area contributed by atoms with Crippen molar-refractivity contribution in [1.82, 2.24) is 4.90 Å². The first-order valence-corrected chi connectivity index (χ1v) is 13.6. The number of rotatable bonds is 4. The fourth-order valence-electron chi connectivity index (χ4n) is 8.38. The molecule has 184 valence electrons. The molecule has 2 aromatic rings. The zero-order valence-electron chi connectivity index (χ0n) is 21.4. The minimum Gasteiger partial charge on any atom is -0.342 e. The maximum absolute atomic E-state index is 14.4. The van der Waals surface area contributed by atoms with Gasteiger partial charge in [0.05, 0.1) is 5.41 Å². The van der Waals surface area contributed by atoms with Gasteiger partial charge in [0.2, 0.25) is 5.91 Å². The van der Waals surface area contributed by atoms with Crippen molar-refractivity contribution in [3.63, 3.8) is 0 Å². The quantitative estimate of drug-likeness (QED) is 0.569. The Kier molecular flexibility index (Phi) is 5.49. The molecule has 35 heavy (non-hydrogen) atoms. The first kappa shape index (κ1) is 23.0. The van der Waals surface area contributed by atoms with E-state index in [4.69, 9.17) is 5.73 Å². The van der Waals surface area contributed by atoms with E-state index in [1.165, 1.54) is 24.0 Å². The summed E-state index contributed by atoms with van der Waals surface area (Å²) in [5, 5.41) is 0. The van der Waals surface area contributed by atoms with Crippen LogP contribution < -0.4 is 5.73 Å². The molecule has 2 aromatic carbocycles. The van der Waals surface area contributed by atoms with Crippen molar-refractivity contribution in [1.29, 1.82) is 0 Å². The Balaban J connectivity index is 1.34. The largest absolute Gasteiger partial charge is 0.342 e. The molecule has 0 spiro atoms. The zero-order chi connectivity index (χ0) is 24.3. The predicted molar refractivity (Wildman–Crippen MR) is 142 cm³/mol. The van der Waals surface area contributed by atoms with E-state index in [0.717, 1.165) is 45.2 Å². The average molecular weight is 469 g/mol. The number of hydrogen-bond acceptors (Lipinski definition) is 2. The van der Waals surface area contributed by atoms with Crippen molar-refractivity contribution in [3.8, 4) is 0 Å². The molecule has 0 aromatic heterocycles. The summed E-state index contributed by atoms with van der Waals surface area (Å²) in [4.78, 5) is 16.6. The van der Waals surface area contributed by atoms with E-state index in [-0.39, 0.29) is 22.3 Å². The molecule has 4 saturated carbocycles. The van der Waals surface area contributed by atoms with Gasteiger partial charge in [-0.25, -0.2) is 0 Å². The standard InChI is InChI=1S/C32H40N2O/c1-30(2)22-34(16-15-28(30)33)29(35)32-19-24-17-31(21-32,26-11-7-4-8-12-26)18-25(20-32)27(24)14-13-23-9-5-3-6-10-23/h3-12,14,24-25,28H,13,15-22,33H2,1-2H3. The summed E-state index contributed by atoms with van der Waals surface area (Å²) in [7, 11) is 0. The molecule has 4 aliphatic carbocycles. The van der Waals surface area contributed by atoms with E-state index in [0.29, 0.717) is 17.7 Å². The highest BCUT2D eigenvalue weighted by Gasteiger charge is 2.63. The van der Waals surface area contributed by atoms with Gasteiger partial charge in [-0.2, -0.15) is 0 Å². The summed E-state index contributed by atoms with van der Waals surface area (Å²) in [6.45, 7) is 6.06. The van der Waals surface area contributed by atoms with Crippen LogP contribution >= 0.6 is 0 Å². The second kappa shape index (κ2) is 8.34. The molecule has 2 N–H and O–H groups in total. The number of nitrogens with two attached hydrogens (primary N) is 1. The van der Waals surface area contributed by atoms with E-state index < -0.39 is 0 Å². The van der Waals surface area contributed by atoms with Crippen LogP contribution in [0.3, 0.4) is 0 Å². The summed E-state index contributed by atoms with van der Waals surface area (Å²) in [5.74, 6) is 1.46. The minimum absolute atomic E-state index is 0.0198. The smallest absolute Gasteiger partial charge is 0.228 e. The van der Waals surface area contributed by atoms with Crippen LogP contribution in [0.25, 0.3) is 0 Å². The van der Waals surface area contributed by atoms with Crippen molar-refractivity contribution in [2.24, 2.45) is 28.4 Å². The molecule has 3 nitrogen and oxygen atoms in total. The van der Waals surface area contributed by atoms with Crippen LogP contribution in [0.15, 0.2) is 72.3 Å². The van der Waals surface area contributed by atoms with Gasteiger partial charge in [-0.1, -0.05) is 86.2 Å². The molecule has 3 unspecified atom stereocenters. The molecule has 1 heterocycles. The first-order chi connectivity index (χ1) is 16.8. The van der Waals surface area contributed by atoms with Crippen LogP contribution in [0.4, 0.5) is 0 Å². The number of allylic oxidation sites excluding steroid dienone is 2. The van der Waals surface area contributed by atoms with E-state index in [1.54, 1.807) is 5.57 Å². The highest BCUT2D eigenvalue weighted by atomic mass is 16.2. The van der Waals surface area contributed by atoms with Gasteiger partial charge in [-0.3, -0.25) is 4.79 Å². The molecule has 5 aliphatic rings. The Morgan fingerprint density at radius 1 is 0.971 bits per heavy atom. The Morgan fingerprint density at radius 2 is 1.60 bits per heavy atom. The third-order valence-corrected chi connectivity index (χ3v) is 10.0. The minimum atomic E-state index is -0.219. The number of carbonyl (C=O) groups excluding carboxylic acids is 1. The van der Waals surface area contributed by atoms with Gasteiger partial charge in [0, 0.05) is 19.1 Å². The fraction of sp³-hybridized carbons (Fsp3) is 0.531. The van der Waals surface area contributed by atoms with Gasteiger partial charge in [-0.15, -0.1) is 0 Å². The van der Waals surface area contributed by atoms with Crippen molar-refractivity contribution < 1.29 is 4.79 Å². The van der Waals surface area contributed by atoms with Gasteiger partial charge in [-0.05, 0) is 78.7 Å². The van der Waals surface area contributed by atoms with Crippen LogP contribution in [0.1, 0.15) is 63.5 Å². The first-order valence-electron chi connectivity index (χ1n) is 13.6. The van der Waals surface area contributed by atoms with E-state index in [2.05, 4.69) is 85.5 Å². The maximum Gasteiger partial charge on any atom is 0.228 e. The van der Waals surface area contributed by atoms with Crippen molar-refractivity contribution >= 4 is 5.91 Å². The van der Waals surface area contributed by atoms with Gasteiger partial charge in [0.15, 0.2) is 0 Å². The number of hydrogen-bond donors (Lipinski definition) is 1. The SMILES string of the molecule is CC1(C)CN(C(=O)C23CC4CC(c5ccccc5)(CC(C2)C4=CCc2ccccc2)C3)CCC1N. The lowest BCUT2D eigenvalue weighted by Crippen LogP contribution is -2.63. The average Bonchev–Trinajstić information content (AvgIpc) is 2.85. The zero-order valence-corrected chi connectivity index (χ0v) is 21.4. The highest BCUT2D eigenvalue weighted by Crippen LogP contribution is 2.68. The number of benzene rings is 2. The van der Waals surface area contributed by atoms with Crippen LogP contribution in [0.5, 0.6) is 0 Å². The lowest BCUT2D eigenvalue weighted by atomic mass is 9.41. The van der Waals surface area contributed by atoms with E-state index in [1.807, 2.05) is 0 Å². The molecule has 1 amide bonds. The number of carbonyl (C=O) groups is 1. The summed E-state index contributed by atoms with van der Waals surface area (Å²) in [6, 6.07) is 22.1. The van der Waals surface area contributed by atoms with E-state index >= 15 is 0 Å². The second-order valence-corrected chi connectivity index (χ2v) is 12.8. The van der Waals surface area contributed by atoms with E-state index in [9.17, 15) is 4.79 Å². The third-order valence-electron chi connectivity index (χ3n) is 10.0. The number of piperidine rings is 1. The highest BCUT2D eigenvalue weighted by molar-refractivity contribution is 5.84. The molecular weight excluding hydrogens is 428 g/mol. The topological polar surface area (TPSA) is 46.3 Å². The van der Waals surface area contributed by atoms with Gasteiger partial charge < -0.3 is 10.6 Å². The van der Waals surface area contributed by atoms with Crippen LogP contribution in [0, 0.1) is 22.7 Å². The van der Waals surface area contributed by atoms with Gasteiger partial charge >= 0.3 is 0 Å². The maximum atomic E-state index is 14.4. The molecular formula is C32H40N2O. The summed E-state index contributed by atoms with van der Waals surface area (Å²) in [6.07, 6.45) is 9.90. The summed E-state index contributed by atoms with van der Waals surface area (Å²) in [5.41, 5.74) is 10.8. The van der Waals surface area contributed by atoms with Crippen molar-refractivity contribution in [2.75, 3.05) is 13.1 Å². The number of amides is 1. The molecule has 4 bridgehead atoms. The fourth-order valence-corrected chi connectivity index (χ4v) is 8.38. The Bertz CT molecular complexity index is 1100. The second-order valence-electron chi connectivity index (χ2n) is 12.8. The summed E-state index contributed by atoms with van der Waals surface area (Å²) < 4.78 is 0. The molecule has 1 saturated heterocycles. The van der Waals surface area contributed by atoms with Gasteiger partial charge in [0.25, 0.3) is 0 Å². The summed E-state index contributed by atoms with van der Waals surface area (Å²) >= 11 is 0. The van der Waals surface area contributed by atoms with Crippen molar-refractivity contribution in [2.45, 2.75) is 70.3 Å². The predicted octanol–water partition coefficient (Wildman–Crippen LogP) is 5.89. The Hall–Kier alpha value is -2.39. The molecule has 3 heteroatoms. The molecule has 1 aliphatic heterocycles. The number of likely N-dealkylation sites (tertiary alicyclic amines) is 1. The Labute approximate surface area is 210 Å². The number of nitrogens with zero attached hydrogens (tertiary/aromatic N) is 1. The monoisotopic (exact) mass is 468 g/mol. The molecule has 7 rings (SSSR count). The normalized spacial score (nSPS) is 35.2. The molecule has 3 atom stereocenters. The molecule has 0 radical (unpaired) electrons.